The van der Waals surface area contributed by atoms with Gasteiger partial charge < -0.3 is 29.3 Å². The lowest BCUT2D eigenvalue weighted by atomic mass is 9.95. The number of rotatable bonds is 9. The predicted octanol–water partition coefficient (Wildman–Crippen LogP) is 5.88. The van der Waals surface area contributed by atoms with E-state index in [1.807, 2.05) is 28.8 Å². The van der Waals surface area contributed by atoms with Crippen molar-refractivity contribution in [3.8, 4) is 5.75 Å². The number of carbonyl (C=O) groups is 1. The molecular weight excluding hydrogens is 530 g/mol. The summed E-state index contributed by atoms with van der Waals surface area (Å²) in [5.41, 5.74) is 9.08. The largest absolute Gasteiger partial charge is 0.493 e. The maximum absolute atomic E-state index is 12.9. The number of aryl methyl sites for hydroxylation is 2. The minimum Gasteiger partial charge on any atom is -0.493 e. The van der Waals surface area contributed by atoms with Crippen molar-refractivity contribution in [2.24, 2.45) is 0 Å². The Morgan fingerprint density at radius 3 is 2.71 bits per heavy atom. The Kier molecular flexibility index (Phi) is 8.46. The van der Waals surface area contributed by atoms with Crippen molar-refractivity contribution in [3.05, 3.63) is 83.2 Å². The molecule has 1 unspecified atom stereocenters. The van der Waals surface area contributed by atoms with E-state index in [1.165, 1.54) is 0 Å². The van der Waals surface area contributed by atoms with E-state index in [0.717, 1.165) is 69.2 Å². The predicted molar refractivity (Wildman–Crippen MR) is 165 cm³/mol. The van der Waals surface area contributed by atoms with Crippen LogP contribution in [0.5, 0.6) is 5.75 Å². The molecule has 0 saturated carbocycles. The Hall–Kier alpha value is -3.85. The first-order chi connectivity index (χ1) is 20.6. The zero-order valence-corrected chi connectivity index (χ0v) is 24.4. The van der Waals surface area contributed by atoms with E-state index < -0.39 is 5.97 Å². The summed E-state index contributed by atoms with van der Waals surface area (Å²) in [6.45, 7) is 5.76. The number of benzene rings is 3. The Labute approximate surface area is 246 Å². The Morgan fingerprint density at radius 1 is 1.05 bits per heavy atom. The number of nitrogens with one attached hydrogen (secondary N) is 1. The van der Waals surface area contributed by atoms with E-state index in [4.69, 9.17) is 14.2 Å². The smallest absolute Gasteiger partial charge is 0.352 e. The molecule has 3 heterocycles. The molecule has 0 amide bonds. The van der Waals surface area contributed by atoms with Crippen molar-refractivity contribution in [3.63, 3.8) is 0 Å². The van der Waals surface area contributed by atoms with Crippen LogP contribution in [-0.2, 0) is 22.4 Å². The van der Waals surface area contributed by atoms with Crippen LogP contribution in [0.2, 0.25) is 0 Å². The van der Waals surface area contributed by atoms with Crippen LogP contribution in [0.15, 0.2) is 66.4 Å². The van der Waals surface area contributed by atoms with E-state index in [-0.39, 0.29) is 6.04 Å². The molecule has 0 aliphatic carbocycles. The molecule has 4 aromatic rings. The van der Waals surface area contributed by atoms with Crippen LogP contribution >= 0.6 is 0 Å². The third-order valence-electron chi connectivity index (χ3n) is 8.45. The quantitative estimate of drug-likeness (QED) is 0.244. The number of fused-ring (bicyclic) bond motifs is 2. The number of para-hydroxylation sites is 1. The summed E-state index contributed by atoms with van der Waals surface area (Å²) in [5.74, 6) is -0.0325. The van der Waals surface area contributed by atoms with E-state index in [0.29, 0.717) is 51.5 Å². The van der Waals surface area contributed by atoms with Crippen molar-refractivity contribution >= 4 is 33.2 Å². The summed E-state index contributed by atoms with van der Waals surface area (Å²) in [4.78, 5) is 12.9. The van der Waals surface area contributed by atoms with E-state index in [1.54, 1.807) is 7.11 Å². The molecule has 3 aromatic carbocycles. The average Bonchev–Trinajstić information content (AvgIpc) is 3.48. The number of nitrogens with zero attached hydrogens (tertiary/aromatic N) is 2. The van der Waals surface area contributed by atoms with Gasteiger partial charge in [-0.25, -0.2) is 9.80 Å². The molecule has 0 radical (unpaired) electrons. The highest BCUT2D eigenvalue weighted by atomic mass is 16.5. The summed E-state index contributed by atoms with van der Waals surface area (Å²) in [5, 5.41) is 16.0. The molecular formula is C34H39N3O5. The molecule has 42 heavy (non-hydrogen) atoms. The number of hydrogen-bond acceptors (Lipinski definition) is 6. The molecule has 1 atom stereocenters. The van der Waals surface area contributed by atoms with Gasteiger partial charge in [-0.15, -0.1) is 0 Å². The lowest BCUT2D eigenvalue weighted by Gasteiger charge is -2.23. The third-order valence-corrected chi connectivity index (χ3v) is 8.45. The first-order valence-corrected chi connectivity index (χ1v) is 14.9. The molecule has 0 spiro atoms. The van der Waals surface area contributed by atoms with Gasteiger partial charge in [-0.05, 0) is 49.6 Å². The standard InChI is InChI=1S/C34H39N3O5/c1-23-31-28-14-8-13-26-27(15-9-20-42-30-16-7-11-24-10-3-4-12-25(24)30)33(34(38)39)36(32(26)28)17-5-6-19-41-22-29(31)35-37(23)18-21-40-2/h3-4,7-8,10-14,16,23,35H,5-6,9,15,17-22H2,1-2H3,(H,38,39). The van der Waals surface area contributed by atoms with Gasteiger partial charge in [0.1, 0.15) is 11.4 Å². The highest BCUT2D eigenvalue weighted by Gasteiger charge is 2.33. The number of aromatic nitrogens is 1. The zero-order valence-electron chi connectivity index (χ0n) is 24.4. The minimum absolute atomic E-state index is 0.0688. The first-order valence-electron chi connectivity index (χ1n) is 14.9. The summed E-state index contributed by atoms with van der Waals surface area (Å²) < 4.78 is 19.7. The molecule has 8 nitrogen and oxygen atoms in total. The highest BCUT2D eigenvalue weighted by molar-refractivity contribution is 6.03. The maximum Gasteiger partial charge on any atom is 0.352 e. The van der Waals surface area contributed by atoms with Crippen LogP contribution in [0, 0.1) is 0 Å². The molecule has 0 bridgehead atoms. The molecule has 2 aliphatic rings. The number of aromatic carboxylic acids is 1. The van der Waals surface area contributed by atoms with Crippen LogP contribution in [-0.4, -0.2) is 66.8 Å². The average molecular weight is 570 g/mol. The van der Waals surface area contributed by atoms with Gasteiger partial charge in [0.15, 0.2) is 0 Å². The van der Waals surface area contributed by atoms with Crippen molar-refractivity contribution in [2.45, 2.75) is 45.2 Å². The summed E-state index contributed by atoms with van der Waals surface area (Å²) >= 11 is 0. The second-order valence-electron chi connectivity index (χ2n) is 11.0. The second-order valence-corrected chi connectivity index (χ2v) is 11.0. The number of hydrazine groups is 1. The van der Waals surface area contributed by atoms with Gasteiger partial charge in [-0.2, -0.15) is 0 Å². The van der Waals surface area contributed by atoms with Gasteiger partial charge in [-0.1, -0.05) is 54.6 Å². The topological polar surface area (TPSA) is 85.2 Å². The number of carboxylic acids is 1. The Bertz CT molecular complexity index is 1620. The van der Waals surface area contributed by atoms with Crippen LogP contribution in [0.4, 0.5) is 0 Å². The first kappa shape index (κ1) is 28.3. The number of hydrogen-bond donors (Lipinski definition) is 2. The number of methoxy groups -OCH3 is 1. The van der Waals surface area contributed by atoms with Crippen LogP contribution in [0.1, 0.15) is 47.8 Å². The van der Waals surface area contributed by atoms with E-state index in [2.05, 4.69) is 53.8 Å². The van der Waals surface area contributed by atoms with Crippen LogP contribution in [0.25, 0.3) is 27.2 Å². The Balaban J connectivity index is 1.36. The summed E-state index contributed by atoms with van der Waals surface area (Å²) in [7, 11) is 1.71. The minimum atomic E-state index is -0.887. The van der Waals surface area contributed by atoms with Gasteiger partial charge in [0.25, 0.3) is 0 Å². The van der Waals surface area contributed by atoms with E-state index >= 15 is 0 Å². The molecule has 2 aliphatic heterocycles. The molecule has 1 aromatic heterocycles. The van der Waals surface area contributed by atoms with Crippen molar-refractivity contribution in [1.29, 1.82) is 0 Å². The molecule has 6 rings (SSSR count). The van der Waals surface area contributed by atoms with Crippen LogP contribution in [0.3, 0.4) is 0 Å². The number of ether oxygens (including phenoxy) is 3. The monoisotopic (exact) mass is 569 g/mol. The fraction of sp³-hybridized carbons (Fsp3) is 0.382. The fourth-order valence-corrected chi connectivity index (χ4v) is 6.49. The maximum atomic E-state index is 12.9. The van der Waals surface area contributed by atoms with Gasteiger partial charge in [0.05, 0.1) is 37.1 Å². The SMILES string of the molecule is COCCN1NC2=C(c3cccc4c(CCCOc5cccc6ccccc56)c(C(=O)O)n(c34)CCCCOC2)C1C. The van der Waals surface area contributed by atoms with Crippen molar-refractivity contribution in [2.75, 3.05) is 40.1 Å². The summed E-state index contributed by atoms with van der Waals surface area (Å²) in [6.07, 6.45) is 3.02. The second kappa shape index (κ2) is 12.6. The van der Waals surface area contributed by atoms with E-state index in [9.17, 15) is 9.90 Å². The lowest BCUT2D eigenvalue weighted by Crippen LogP contribution is -2.40. The van der Waals surface area contributed by atoms with Gasteiger partial charge in [0, 0.05) is 48.7 Å². The van der Waals surface area contributed by atoms with Crippen molar-refractivity contribution < 1.29 is 24.1 Å². The molecule has 0 saturated heterocycles. The van der Waals surface area contributed by atoms with Crippen molar-refractivity contribution in [1.82, 2.24) is 15.0 Å². The zero-order chi connectivity index (χ0) is 29.1. The van der Waals surface area contributed by atoms with Gasteiger partial charge >= 0.3 is 5.97 Å². The fourth-order valence-electron chi connectivity index (χ4n) is 6.49. The summed E-state index contributed by atoms with van der Waals surface area (Å²) in [6, 6.07) is 20.6. The third kappa shape index (κ3) is 5.38. The van der Waals surface area contributed by atoms with Gasteiger partial charge in [-0.3, -0.25) is 0 Å². The van der Waals surface area contributed by atoms with Crippen LogP contribution < -0.4 is 10.2 Å². The highest BCUT2D eigenvalue weighted by Crippen LogP contribution is 2.39. The van der Waals surface area contributed by atoms with Gasteiger partial charge in [0.2, 0.25) is 0 Å². The molecule has 8 heteroatoms. The Morgan fingerprint density at radius 2 is 1.86 bits per heavy atom. The molecule has 0 fully saturated rings. The molecule has 220 valence electrons. The molecule has 2 N–H and O–H groups in total. The lowest BCUT2D eigenvalue weighted by molar-refractivity contribution is 0.0683. The normalized spacial score (nSPS) is 17.7. The number of carboxylic acid groups (broad SMARTS) is 1.